The fraction of sp³-hybridized carbons (Fsp3) is 0.0714. The van der Waals surface area contributed by atoms with Crippen LogP contribution in [0.2, 0.25) is 10.0 Å². The van der Waals surface area contributed by atoms with Crippen molar-refractivity contribution in [1.82, 2.24) is 9.55 Å². The maximum Gasteiger partial charge on any atom is 0.201 e. The molecular weight excluding hydrogens is 300 g/mol. The van der Waals surface area contributed by atoms with Crippen LogP contribution in [0.5, 0.6) is 0 Å². The highest BCUT2D eigenvalue weighted by molar-refractivity contribution is 6.31. The zero-order valence-corrected chi connectivity index (χ0v) is 11.8. The van der Waals surface area contributed by atoms with Crippen LogP contribution in [0.3, 0.4) is 0 Å². The van der Waals surface area contributed by atoms with Gasteiger partial charge in [0.2, 0.25) is 5.95 Å². The van der Waals surface area contributed by atoms with E-state index in [-0.39, 0.29) is 5.02 Å². The lowest BCUT2D eigenvalue weighted by atomic mass is 10.2. The Morgan fingerprint density at radius 3 is 2.70 bits per heavy atom. The van der Waals surface area contributed by atoms with E-state index in [9.17, 15) is 4.39 Å². The summed E-state index contributed by atoms with van der Waals surface area (Å²) in [4.78, 5) is 4.27. The molecule has 3 aromatic rings. The van der Waals surface area contributed by atoms with Crippen molar-refractivity contribution in [2.24, 2.45) is 0 Å². The Hall–Kier alpha value is -1.78. The van der Waals surface area contributed by atoms with E-state index in [1.165, 1.54) is 6.07 Å². The molecule has 2 N–H and O–H groups in total. The van der Waals surface area contributed by atoms with Gasteiger partial charge in [0.1, 0.15) is 5.82 Å². The number of nitrogen functional groups attached to an aromatic ring is 1. The van der Waals surface area contributed by atoms with Gasteiger partial charge in [0.25, 0.3) is 0 Å². The second-order valence-corrected chi connectivity index (χ2v) is 5.28. The van der Waals surface area contributed by atoms with Gasteiger partial charge < -0.3 is 10.3 Å². The van der Waals surface area contributed by atoms with Crippen molar-refractivity contribution in [3.8, 4) is 0 Å². The number of nitrogens with two attached hydrogens (primary N) is 1. The number of hydrogen-bond donors (Lipinski definition) is 1. The first-order valence-corrected chi connectivity index (χ1v) is 6.65. The van der Waals surface area contributed by atoms with Crippen LogP contribution in [0, 0.1) is 5.82 Å². The zero-order chi connectivity index (χ0) is 14.3. The quantitative estimate of drug-likeness (QED) is 0.774. The van der Waals surface area contributed by atoms with E-state index < -0.39 is 5.82 Å². The summed E-state index contributed by atoms with van der Waals surface area (Å²) in [6.07, 6.45) is 0. The van der Waals surface area contributed by atoms with Crippen LogP contribution >= 0.6 is 23.2 Å². The van der Waals surface area contributed by atoms with Crippen LogP contribution in [0.15, 0.2) is 36.4 Å². The molecule has 3 rings (SSSR count). The van der Waals surface area contributed by atoms with Crippen LogP contribution in [0.4, 0.5) is 10.3 Å². The number of anilines is 1. The predicted octanol–water partition coefficient (Wildman–Crippen LogP) is 4.11. The van der Waals surface area contributed by atoms with E-state index in [1.807, 2.05) is 10.6 Å². The fourth-order valence-electron chi connectivity index (χ4n) is 2.10. The van der Waals surface area contributed by atoms with Crippen molar-refractivity contribution < 1.29 is 4.39 Å². The summed E-state index contributed by atoms with van der Waals surface area (Å²) in [5.74, 6) is -0.0652. The van der Waals surface area contributed by atoms with Gasteiger partial charge >= 0.3 is 0 Å². The van der Waals surface area contributed by atoms with Crippen molar-refractivity contribution in [1.29, 1.82) is 0 Å². The maximum absolute atomic E-state index is 13.2. The summed E-state index contributed by atoms with van der Waals surface area (Å²) in [7, 11) is 0. The Labute approximate surface area is 124 Å². The molecule has 0 aliphatic rings. The Bertz CT molecular complexity index is 798. The molecule has 0 saturated heterocycles. The highest BCUT2D eigenvalue weighted by atomic mass is 35.5. The molecule has 0 aliphatic carbocycles. The summed E-state index contributed by atoms with van der Waals surface area (Å²) in [5, 5.41) is 0.694. The van der Waals surface area contributed by atoms with Crippen LogP contribution < -0.4 is 5.73 Å². The summed E-state index contributed by atoms with van der Waals surface area (Å²) in [6, 6.07) is 9.94. The number of halogens is 3. The Morgan fingerprint density at radius 2 is 1.95 bits per heavy atom. The van der Waals surface area contributed by atoms with Crippen molar-refractivity contribution in [2.75, 3.05) is 5.73 Å². The SMILES string of the molecule is Nc1nc2ccc(Cl)cc2n1Cc1ccc(F)c(Cl)c1. The largest absolute Gasteiger partial charge is 0.369 e. The van der Waals surface area contributed by atoms with E-state index in [4.69, 9.17) is 28.9 Å². The van der Waals surface area contributed by atoms with Crippen LogP contribution in [-0.4, -0.2) is 9.55 Å². The van der Waals surface area contributed by atoms with Crippen molar-refractivity contribution in [3.05, 3.63) is 57.8 Å². The molecule has 0 fully saturated rings. The molecule has 0 saturated carbocycles. The first-order chi connectivity index (χ1) is 9.54. The second kappa shape index (κ2) is 4.96. The van der Waals surface area contributed by atoms with E-state index >= 15 is 0 Å². The number of imidazole rings is 1. The first kappa shape index (κ1) is 13.2. The standard InChI is InChI=1S/C14H10Cl2FN3/c15-9-2-4-12-13(6-9)20(14(18)19-12)7-8-1-3-11(17)10(16)5-8/h1-6H,7H2,(H2,18,19). The minimum Gasteiger partial charge on any atom is -0.369 e. The van der Waals surface area contributed by atoms with Crippen LogP contribution in [-0.2, 0) is 6.54 Å². The van der Waals surface area contributed by atoms with E-state index in [1.54, 1.807) is 24.3 Å². The van der Waals surface area contributed by atoms with Gasteiger partial charge in [0.05, 0.1) is 22.6 Å². The third-order valence-corrected chi connectivity index (χ3v) is 3.59. The normalized spacial score (nSPS) is 11.2. The molecule has 0 unspecified atom stereocenters. The van der Waals surface area contributed by atoms with Crippen molar-refractivity contribution >= 4 is 40.2 Å². The molecule has 0 spiro atoms. The highest BCUT2D eigenvalue weighted by Crippen LogP contribution is 2.24. The monoisotopic (exact) mass is 309 g/mol. The van der Waals surface area contributed by atoms with Gasteiger partial charge in [0.15, 0.2) is 0 Å². The van der Waals surface area contributed by atoms with Gasteiger partial charge in [-0.25, -0.2) is 9.37 Å². The highest BCUT2D eigenvalue weighted by Gasteiger charge is 2.10. The van der Waals surface area contributed by atoms with Gasteiger partial charge in [0, 0.05) is 5.02 Å². The molecule has 0 radical (unpaired) electrons. The van der Waals surface area contributed by atoms with Crippen molar-refractivity contribution in [2.45, 2.75) is 6.54 Å². The molecule has 20 heavy (non-hydrogen) atoms. The molecule has 3 nitrogen and oxygen atoms in total. The van der Waals surface area contributed by atoms with E-state index in [0.29, 0.717) is 17.5 Å². The van der Waals surface area contributed by atoms with Crippen LogP contribution in [0.25, 0.3) is 11.0 Å². The number of rotatable bonds is 2. The van der Waals surface area contributed by atoms with Gasteiger partial charge in [-0.3, -0.25) is 0 Å². The van der Waals surface area contributed by atoms with E-state index in [0.717, 1.165) is 16.6 Å². The molecule has 0 amide bonds. The lowest BCUT2D eigenvalue weighted by Gasteiger charge is -2.07. The molecule has 6 heteroatoms. The van der Waals surface area contributed by atoms with Crippen LogP contribution in [0.1, 0.15) is 5.56 Å². The second-order valence-electron chi connectivity index (χ2n) is 4.44. The van der Waals surface area contributed by atoms with Gasteiger partial charge in [-0.1, -0.05) is 29.3 Å². The van der Waals surface area contributed by atoms with E-state index in [2.05, 4.69) is 4.98 Å². The topological polar surface area (TPSA) is 43.8 Å². The number of nitrogens with zero attached hydrogens (tertiary/aromatic N) is 2. The summed E-state index contributed by atoms with van der Waals surface area (Å²) in [6.45, 7) is 0.447. The average molecular weight is 310 g/mol. The number of aromatic nitrogens is 2. The third-order valence-electron chi connectivity index (χ3n) is 3.06. The first-order valence-electron chi connectivity index (χ1n) is 5.90. The molecule has 1 aromatic heterocycles. The van der Waals surface area contributed by atoms with Crippen molar-refractivity contribution in [3.63, 3.8) is 0 Å². The Balaban J connectivity index is 2.07. The maximum atomic E-state index is 13.2. The molecule has 1 heterocycles. The lowest BCUT2D eigenvalue weighted by molar-refractivity contribution is 0.627. The summed E-state index contributed by atoms with van der Waals surface area (Å²) >= 11 is 11.8. The molecular formula is C14H10Cl2FN3. The summed E-state index contributed by atoms with van der Waals surface area (Å²) in [5.41, 5.74) is 8.35. The average Bonchev–Trinajstić information content (AvgIpc) is 2.70. The third kappa shape index (κ3) is 2.32. The zero-order valence-electron chi connectivity index (χ0n) is 10.3. The smallest absolute Gasteiger partial charge is 0.201 e. The van der Waals surface area contributed by atoms with Gasteiger partial charge in [-0.15, -0.1) is 0 Å². The Kier molecular flexibility index (Phi) is 3.28. The summed E-state index contributed by atoms with van der Waals surface area (Å²) < 4.78 is 15.0. The minimum absolute atomic E-state index is 0.0866. The molecule has 0 aliphatic heterocycles. The number of hydrogen-bond acceptors (Lipinski definition) is 2. The Morgan fingerprint density at radius 1 is 1.15 bits per heavy atom. The van der Waals surface area contributed by atoms with Gasteiger partial charge in [-0.2, -0.15) is 0 Å². The molecule has 0 atom stereocenters. The molecule has 2 aromatic carbocycles. The fourth-order valence-corrected chi connectivity index (χ4v) is 2.47. The van der Waals surface area contributed by atoms with Gasteiger partial charge in [-0.05, 0) is 35.9 Å². The number of fused-ring (bicyclic) bond motifs is 1. The molecule has 102 valence electrons. The lowest BCUT2D eigenvalue weighted by Crippen LogP contribution is -2.04. The predicted molar refractivity (Wildman–Crippen MR) is 79.7 cm³/mol. The molecule has 0 bridgehead atoms. The number of benzene rings is 2. The minimum atomic E-state index is -0.443.